The topological polar surface area (TPSA) is 48.0 Å². The molecule has 0 unspecified atom stereocenters. The highest BCUT2D eigenvalue weighted by Gasteiger charge is 2.17. The van der Waals surface area contributed by atoms with Crippen LogP contribution in [-0.2, 0) is 20.8 Å². The molecule has 0 saturated carbocycles. The number of nitrogens with zero attached hydrogens (tertiary/aromatic N) is 1. The Morgan fingerprint density at radius 1 is 1.12 bits per heavy atom. The second-order valence-electron chi connectivity index (χ2n) is 6.46. The average molecular weight is 355 g/mol. The van der Waals surface area contributed by atoms with Crippen molar-refractivity contribution < 1.29 is 19.0 Å². The quantitative estimate of drug-likeness (QED) is 0.725. The highest BCUT2D eigenvalue weighted by atomic mass is 16.5. The molecule has 1 saturated heterocycles. The van der Waals surface area contributed by atoms with Gasteiger partial charge in [-0.2, -0.15) is 0 Å². The van der Waals surface area contributed by atoms with Crippen LogP contribution in [0.2, 0.25) is 0 Å². The lowest BCUT2D eigenvalue weighted by atomic mass is 10.2. The molecule has 1 aliphatic heterocycles. The third kappa shape index (κ3) is 5.58. The molecule has 0 radical (unpaired) electrons. The first-order valence-corrected chi connectivity index (χ1v) is 8.96. The van der Waals surface area contributed by atoms with Crippen molar-refractivity contribution in [2.24, 2.45) is 0 Å². The number of amides is 1. The summed E-state index contributed by atoms with van der Waals surface area (Å²) in [6, 6.07) is 17.4. The van der Waals surface area contributed by atoms with Gasteiger partial charge in [0.2, 0.25) is 5.91 Å². The fraction of sp³-hybridized carbons (Fsp3) is 0.381. The van der Waals surface area contributed by atoms with Crippen molar-refractivity contribution in [3.63, 3.8) is 0 Å². The van der Waals surface area contributed by atoms with Crippen molar-refractivity contribution in [2.45, 2.75) is 25.5 Å². The van der Waals surface area contributed by atoms with E-state index in [0.29, 0.717) is 13.2 Å². The molecule has 0 spiro atoms. The van der Waals surface area contributed by atoms with E-state index in [2.05, 4.69) is 0 Å². The number of rotatable bonds is 8. The van der Waals surface area contributed by atoms with Crippen LogP contribution in [0.4, 0.5) is 0 Å². The van der Waals surface area contributed by atoms with Gasteiger partial charge in [0.1, 0.15) is 18.1 Å². The van der Waals surface area contributed by atoms with Crippen LogP contribution in [-0.4, -0.2) is 43.8 Å². The number of likely N-dealkylation sites (N-methyl/N-ethyl adjacent to an activating group) is 1. The summed E-state index contributed by atoms with van der Waals surface area (Å²) in [5.74, 6) is 1.54. The average Bonchev–Trinajstić information content (AvgIpc) is 3.17. The van der Waals surface area contributed by atoms with Gasteiger partial charge in [-0.15, -0.1) is 0 Å². The summed E-state index contributed by atoms with van der Waals surface area (Å²) in [5.41, 5.74) is 1.04. The van der Waals surface area contributed by atoms with Crippen molar-refractivity contribution >= 4 is 5.91 Å². The molecule has 26 heavy (non-hydrogen) atoms. The van der Waals surface area contributed by atoms with Crippen molar-refractivity contribution in [3.8, 4) is 11.5 Å². The standard InChI is InChI=1S/C21H25NO4/c1-22(21(23)16-24-15-20-8-5-13-25-20)14-17-9-11-19(12-10-17)26-18-6-3-2-4-7-18/h2-4,6-7,9-12,20H,5,8,13-16H2,1H3/t20-/m1/s1. The fourth-order valence-corrected chi connectivity index (χ4v) is 2.81. The molecular weight excluding hydrogens is 330 g/mol. The van der Waals surface area contributed by atoms with Gasteiger partial charge >= 0.3 is 0 Å². The first kappa shape index (κ1) is 18.4. The Labute approximate surface area is 154 Å². The fourth-order valence-electron chi connectivity index (χ4n) is 2.81. The Morgan fingerprint density at radius 2 is 1.85 bits per heavy atom. The van der Waals surface area contributed by atoms with Gasteiger partial charge in [0, 0.05) is 20.2 Å². The van der Waals surface area contributed by atoms with Crippen LogP contribution in [0.25, 0.3) is 0 Å². The minimum atomic E-state index is -0.0346. The maximum absolute atomic E-state index is 12.2. The number of hydrogen-bond donors (Lipinski definition) is 0. The lowest BCUT2D eigenvalue weighted by Gasteiger charge is -2.18. The lowest BCUT2D eigenvalue weighted by molar-refractivity contribution is -0.136. The minimum Gasteiger partial charge on any atom is -0.457 e. The summed E-state index contributed by atoms with van der Waals surface area (Å²) in [4.78, 5) is 13.8. The monoisotopic (exact) mass is 355 g/mol. The number of hydrogen-bond acceptors (Lipinski definition) is 4. The van der Waals surface area contributed by atoms with Gasteiger partial charge in [-0.1, -0.05) is 30.3 Å². The molecule has 5 nitrogen and oxygen atoms in total. The molecule has 2 aromatic rings. The molecule has 0 bridgehead atoms. The van der Waals surface area contributed by atoms with Crippen LogP contribution in [0, 0.1) is 0 Å². The molecule has 1 fully saturated rings. The third-order valence-electron chi connectivity index (χ3n) is 4.30. The molecule has 3 rings (SSSR count). The normalized spacial score (nSPS) is 16.4. The first-order valence-electron chi connectivity index (χ1n) is 8.96. The van der Waals surface area contributed by atoms with Gasteiger partial charge in [0.05, 0.1) is 12.7 Å². The van der Waals surface area contributed by atoms with E-state index < -0.39 is 0 Å². The van der Waals surface area contributed by atoms with Gasteiger partial charge in [-0.3, -0.25) is 4.79 Å². The number of ether oxygens (including phenoxy) is 3. The molecule has 1 atom stereocenters. The van der Waals surface area contributed by atoms with E-state index >= 15 is 0 Å². The van der Waals surface area contributed by atoms with E-state index in [-0.39, 0.29) is 18.6 Å². The van der Waals surface area contributed by atoms with Gasteiger partial charge in [0.15, 0.2) is 0 Å². The molecule has 0 aromatic heterocycles. The van der Waals surface area contributed by atoms with Gasteiger partial charge < -0.3 is 19.1 Å². The molecule has 0 aliphatic carbocycles. The predicted molar refractivity (Wildman–Crippen MR) is 99.2 cm³/mol. The summed E-state index contributed by atoms with van der Waals surface area (Å²) in [5, 5.41) is 0. The molecule has 5 heteroatoms. The largest absolute Gasteiger partial charge is 0.457 e. The highest BCUT2D eigenvalue weighted by Crippen LogP contribution is 2.21. The smallest absolute Gasteiger partial charge is 0.248 e. The number of carbonyl (C=O) groups excluding carboxylic acids is 1. The number of carbonyl (C=O) groups is 1. The van der Waals surface area contributed by atoms with Gasteiger partial charge in [-0.25, -0.2) is 0 Å². The Bertz CT molecular complexity index is 681. The lowest BCUT2D eigenvalue weighted by Crippen LogP contribution is -2.31. The van der Waals surface area contributed by atoms with Crippen LogP contribution < -0.4 is 4.74 Å². The van der Waals surface area contributed by atoms with Crippen molar-refractivity contribution in [1.82, 2.24) is 4.90 Å². The van der Waals surface area contributed by atoms with Crippen molar-refractivity contribution in [3.05, 3.63) is 60.2 Å². The van der Waals surface area contributed by atoms with Crippen LogP contribution in [0.5, 0.6) is 11.5 Å². The van der Waals surface area contributed by atoms with E-state index in [9.17, 15) is 4.79 Å². The van der Waals surface area contributed by atoms with E-state index in [4.69, 9.17) is 14.2 Å². The summed E-state index contributed by atoms with van der Waals surface area (Å²) in [7, 11) is 1.78. The summed E-state index contributed by atoms with van der Waals surface area (Å²) < 4.78 is 16.7. The Hall–Kier alpha value is -2.37. The van der Waals surface area contributed by atoms with Crippen molar-refractivity contribution in [1.29, 1.82) is 0 Å². The van der Waals surface area contributed by atoms with E-state index in [1.807, 2.05) is 54.6 Å². The zero-order chi connectivity index (χ0) is 18.2. The maximum atomic E-state index is 12.2. The van der Waals surface area contributed by atoms with Crippen LogP contribution in [0.1, 0.15) is 18.4 Å². The molecule has 1 heterocycles. The highest BCUT2D eigenvalue weighted by molar-refractivity contribution is 5.77. The molecular formula is C21H25NO4. The summed E-state index contributed by atoms with van der Waals surface area (Å²) in [6.07, 6.45) is 2.23. The predicted octanol–water partition coefficient (Wildman–Crippen LogP) is 3.63. The van der Waals surface area contributed by atoms with Gasteiger partial charge in [-0.05, 0) is 42.7 Å². The van der Waals surface area contributed by atoms with Crippen LogP contribution in [0.3, 0.4) is 0 Å². The summed E-state index contributed by atoms with van der Waals surface area (Å²) in [6.45, 7) is 1.91. The van der Waals surface area contributed by atoms with E-state index in [1.165, 1.54) is 0 Å². The Kier molecular flexibility index (Phi) is 6.63. The second kappa shape index (κ2) is 9.36. The Morgan fingerprint density at radius 3 is 2.54 bits per heavy atom. The first-order chi connectivity index (χ1) is 12.7. The van der Waals surface area contributed by atoms with Gasteiger partial charge in [0.25, 0.3) is 0 Å². The van der Waals surface area contributed by atoms with E-state index in [0.717, 1.165) is 36.5 Å². The maximum Gasteiger partial charge on any atom is 0.248 e. The minimum absolute atomic E-state index is 0.0346. The van der Waals surface area contributed by atoms with Crippen LogP contribution in [0.15, 0.2) is 54.6 Å². The number of para-hydroxylation sites is 1. The zero-order valence-electron chi connectivity index (χ0n) is 15.1. The molecule has 2 aromatic carbocycles. The SMILES string of the molecule is CN(Cc1ccc(Oc2ccccc2)cc1)C(=O)COC[C@H]1CCCO1. The molecule has 1 aliphatic rings. The van der Waals surface area contributed by atoms with Crippen molar-refractivity contribution in [2.75, 3.05) is 26.9 Å². The van der Waals surface area contributed by atoms with E-state index in [1.54, 1.807) is 11.9 Å². The molecule has 138 valence electrons. The molecule has 0 N–H and O–H groups in total. The Balaban J connectivity index is 1.43. The van der Waals surface area contributed by atoms with Crippen LogP contribution >= 0.6 is 0 Å². The molecule has 1 amide bonds. The third-order valence-corrected chi connectivity index (χ3v) is 4.30. The summed E-state index contributed by atoms with van der Waals surface area (Å²) >= 11 is 0. The number of benzene rings is 2. The zero-order valence-corrected chi connectivity index (χ0v) is 15.1. The second-order valence-corrected chi connectivity index (χ2v) is 6.46.